The standard InChI is InChI=1S/C15H23ClN2O2/c1-4-17-9-14-13(16)5-6-15(18-14)20-12-7-10(2)19-11(3)8-12/h5-6,10-12,17H,4,7-9H2,1-3H3. The van der Waals surface area contributed by atoms with Gasteiger partial charge in [-0.1, -0.05) is 18.5 Å². The number of hydrogen-bond donors (Lipinski definition) is 1. The Morgan fingerprint density at radius 3 is 2.70 bits per heavy atom. The first-order valence-electron chi connectivity index (χ1n) is 7.26. The molecule has 1 N–H and O–H groups in total. The molecule has 0 saturated carbocycles. The van der Waals surface area contributed by atoms with Crippen LogP contribution in [0.5, 0.6) is 5.88 Å². The second-order valence-electron chi connectivity index (χ2n) is 5.33. The lowest BCUT2D eigenvalue weighted by Gasteiger charge is -2.32. The van der Waals surface area contributed by atoms with Crippen molar-refractivity contribution < 1.29 is 9.47 Å². The highest BCUT2D eigenvalue weighted by Gasteiger charge is 2.26. The first-order chi connectivity index (χ1) is 9.58. The molecule has 0 bridgehead atoms. The molecule has 2 unspecified atom stereocenters. The predicted octanol–water partition coefficient (Wildman–Crippen LogP) is 3.18. The van der Waals surface area contributed by atoms with Crippen LogP contribution < -0.4 is 10.1 Å². The van der Waals surface area contributed by atoms with Gasteiger partial charge in [-0.25, -0.2) is 4.98 Å². The molecular weight excluding hydrogens is 276 g/mol. The van der Waals surface area contributed by atoms with Crippen LogP contribution in [0.2, 0.25) is 5.02 Å². The summed E-state index contributed by atoms with van der Waals surface area (Å²) in [5, 5.41) is 3.90. The SMILES string of the molecule is CCNCc1nc(OC2CC(C)OC(C)C2)ccc1Cl. The van der Waals surface area contributed by atoms with E-state index in [0.717, 1.165) is 25.1 Å². The van der Waals surface area contributed by atoms with Crippen molar-refractivity contribution in [3.63, 3.8) is 0 Å². The molecule has 2 heterocycles. The van der Waals surface area contributed by atoms with Gasteiger partial charge in [-0.2, -0.15) is 0 Å². The fraction of sp³-hybridized carbons (Fsp3) is 0.667. The van der Waals surface area contributed by atoms with Crippen molar-refractivity contribution in [3.05, 3.63) is 22.8 Å². The number of rotatable bonds is 5. The average Bonchev–Trinajstić information content (AvgIpc) is 2.38. The van der Waals surface area contributed by atoms with Gasteiger partial charge in [0.1, 0.15) is 6.10 Å². The number of pyridine rings is 1. The summed E-state index contributed by atoms with van der Waals surface area (Å²) >= 11 is 6.14. The van der Waals surface area contributed by atoms with Crippen LogP contribution in [-0.2, 0) is 11.3 Å². The van der Waals surface area contributed by atoms with Crippen LogP contribution >= 0.6 is 11.6 Å². The van der Waals surface area contributed by atoms with Crippen LogP contribution in [0.25, 0.3) is 0 Å². The molecule has 0 aromatic carbocycles. The highest BCUT2D eigenvalue weighted by molar-refractivity contribution is 6.31. The van der Waals surface area contributed by atoms with E-state index in [2.05, 4.69) is 31.1 Å². The highest BCUT2D eigenvalue weighted by atomic mass is 35.5. The lowest BCUT2D eigenvalue weighted by molar-refractivity contribution is -0.0729. The predicted molar refractivity (Wildman–Crippen MR) is 80.3 cm³/mol. The van der Waals surface area contributed by atoms with E-state index in [1.807, 2.05) is 12.1 Å². The number of ether oxygens (including phenoxy) is 2. The van der Waals surface area contributed by atoms with Gasteiger partial charge >= 0.3 is 0 Å². The minimum absolute atomic E-state index is 0.161. The third-order valence-corrected chi connectivity index (χ3v) is 3.72. The summed E-state index contributed by atoms with van der Waals surface area (Å²) in [5.74, 6) is 0.647. The maximum Gasteiger partial charge on any atom is 0.213 e. The van der Waals surface area contributed by atoms with E-state index in [1.54, 1.807) is 0 Å². The molecule has 5 heteroatoms. The summed E-state index contributed by atoms with van der Waals surface area (Å²) in [6.07, 6.45) is 2.43. The normalized spacial score (nSPS) is 26.5. The first kappa shape index (κ1) is 15.5. The van der Waals surface area contributed by atoms with E-state index < -0.39 is 0 Å². The Bertz CT molecular complexity index is 432. The van der Waals surface area contributed by atoms with Crippen molar-refractivity contribution in [2.75, 3.05) is 6.54 Å². The van der Waals surface area contributed by atoms with E-state index in [4.69, 9.17) is 21.1 Å². The monoisotopic (exact) mass is 298 g/mol. The van der Waals surface area contributed by atoms with Crippen molar-refractivity contribution >= 4 is 11.6 Å². The molecule has 112 valence electrons. The fourth-order valence-corrected chi connectivity index (χ4v) is 2.68. The van der Waals surface area contributed by atoms with Crippen LogP contribution in [0, 0.1) is 0 Å². The molecule has 0 aliphatic carbocycles. The average molecular weight is 299 g/mol. The largest absolute Gasteiger partial charge is 0.474 e. The third kappa shape index (κ3) is 4.33. The molecule has 1 aliphatic heterocycles. The van der Waals surface area contributed by atoms with Gasteiger partial charge in [-0.3, -0.25) is 0 Å². The fourth-order valence-electron chi connectivity index (χ4n) is 2.51. The number of aromatic nitrogens is 1. The molecule has 2 rings (SSSR count). The molecule has 2 atom stereocenters. The maximum absolute atomic E-state index is 6.14. The molecular formula is C15H23ClN2O2. The molecule has 0 spiro atoms. The van der Waals surface area contributed by atoms with Gasteiger partial charge in [0.25, 0.3) is 0 Å². The number of nitrogens with zero attached hydrogens (tertiary/aromatic N) is 1. The van der Waals surface area contributed by atoms with Crippen molar-refractivity contribution in [1.29, 1.82) is 0 Å². The van der Waals surface area contributed by atoms with Crippen molar-refractivity contribution in [2.45, 2.75) is 58.5 Å². The molecule has 1 saturated heterocycles. The van der Waals surface area contributed by atoms with E-state index >= 15 is 0 Å². The Hall–Kier alpha value is -0.840. The summed E-state index contributed by atoms with van der Waals surface area (Å²) in [7, 11) is 0. The van der Waals surface area contributed by atoms with Gasteiger partial charge in [-0.15, -0.1) is 0 Å². The van der Waals surface area contributed by atoms with E-state index in [-0.39, 0.29) is 18.3 Å². The van der Waals surface area contributed by atoms with Crippen molar-refractivity contribution in [3.8, 4) is 5.88 Å². The van der Waals surface area contributed by atoms with Crippen LogP contribution in [0.15, 0.2) is 12.1 Å². The Kier molecular flexibility index (Phi) is 5.64. The molecule has 1 aliphatic rings. The van der Waals surface area contributed by atoms with E-state index in [9.17, 15) is 0 Å². The zero-order valence-electron chi connectivity index (χ0n) is 12.4. The summed E-state index contributed by atoms with van der Waals surface area (Å²) in [6, 6.07) is 3.69. The van der Waals surface area contributed by atoms with E-state index in [0.29, 0.717) is 17.4 Å². The molecule has 0 amide bonds. The van der Waals surface area contributed by atoms with Gasteiger partial charge in [-0.05, 0) is 26.5 Å². The first-order valence-corrected chi connectivity index (χ1v) is 7.64. The zero-order valence-corrected chi connectivity index (χ0v) is 13.1. The summed E-state index contributed by atoms with van der Waals surface area (Å²) in [6.45, 7) is 7.76. The lowest BCUT2D eigenvalue weighted by atomic mass is 10.0. The van der Waals surface area contributed by atoms with Gasteiger partial charge < -0.3 is 14.8 Å². The topological polar surface area (TPSA) is 43.4 Å². The number of halogens is 1. The van der Waals surface area contributed by atoms with Crippen LogP contribution in [0.1, 0.15) is 39.3 Å². The molecule has 4 nitrogen and oxygen atoms in total. The van der Waals surface area contributed by atoms with Gasteiger partial charge in [0.2, 0.25) is 5.88 Å². The van der Waals surface area contributed by atoms with Crippen LogP contribution in [-0.4, -0.2) is 29.8 Å². The Balaban J connectivity index is 2.01. The highest BCUT2D eigenvalue weighted by Crippen LogP contribution is 2.25. The van der Waals surface area contributed by atoms with Gasteiger partial charge in [0.15, 0.2) is 0 Å². The van der Waals surface area contributed by atoms with Crippen molar-refractivity contribution in [2.24, 2.45) is 0 Å². The van der Waals surface area contributed by atoms with Crippen molar-refractivity contribution in [1.82, 2.24) is 10.3 Å². The maximum atomic E-state index is 6.14. The molecule has 20 heavy (non-hydrogen) atoms. The Morgan fingerprint density at radius 1 is 1.35 bits per heavy atom. The number of nitrogens with one attached hydrogen (secondary N) is 1. The second kappa shape index (κ2) is 7.25. The quantitative estimate of drug-likeness (QED) is 0.907. The molecule has 1 aromatic heterocycles. The lowest BCUT2D eigenvalue weighted by Crippen LogP contribution is -2.35. The van der Waals surface area contributed by atoms with Gasteiger partial charge in [0, 0.05) is 25.5 Å². The molecule has 0 radical (unpaired) electrons. The minimum atomic E-state index is 0.161. The zero-order chi connectivity index (χ0) is 14.5. The summed E-state index contributed by atoms with van der Waals surface area (Å²) in [5.41, 5.74) is 0.833. The number of hydrogen-bond acceptors (Lipinski definition) is 4. The smallest absolute Gasteiger partial charge is 0.213 e. The Labute approximate surface area is 125 Å². The summed E-state index contributed by atoms with van der Waals surface area (Å²) < 4.78 is 11.7. The Morgan fingerprint density at radius 2 is 2.05 bits per heavy atom. The molecule has 1 aromatic rings. The van der Waals surface area contributed by atoms with Gasteiger partial charge in [0.05, 0.1) is 22.9 Å². The van der Waals surface area contributed by atoms with Crippen LogP contribution in [0.3, 0.4) is 0 Å². The van der Waals surface area contributed by atoms with Crippen LogP contribution in [0.4, 0.5) is 0 Å². The second-order valence-corrected chi connectivity index (χ2v) is 5.73. The third-order valence-electron chi connectivity index (χ3n) is 3.38. The minimum Gasteiger partial charge on any atom is -0.474 e. The summed E-state index contributed by atoms with van der Waals surface area (Å²) in [4.78, 5) is 4.50. The van der Waals surface area contributed by atoms with E-state index in [1.165, 1.54) is 0 Å². The molecule has 1 fully saturated rings.